The van der Waals surface area contributed by atoms with Crippen molar-refractivity contribution in [3.05, 3.63) is 29.6 Å². The molecule has 5 heteroatoms. The quantitative estimate of drug-likeness (QED) is 0.891. The lowest BCUT2D eigenvalue weighted by Gasteiger charge is -2.36. The van der Waals surface area contributed by atoms with Crippen LogP contribution in [0.15, 0.2) is 18.2 Å². The van der Waals surface area contributed by atoms with Crippen molar-refractivity contribution in [3.8, 4) is 5.75 Å². The summed E-state index contributed by atoms with van der Waals surface area (Å²) in [6.07, 6.45) is 2.00. The van der Waals surface area contributed by atoms with E-state index in [1.807, 2.05) is 6.92 Å². The van der Waals surface area contributed by atoms with Gasteiger partial charge >= 0.3 is 5.97 Å². The van der Waals surface area contributed by atoms with E-state index in [9.17, 15) is 14.3 Å². The van der Waals surface area contributed by atoms with Gasteiger partial charge in [-0.1, -0.05) is 0 Å². The monoisotopic (exact) mass is 281 g/mol. The average molecular weight is 281 g/mol. The van der Waals surface area contributed by atoms with Crippen LogP contribution in [-0.4, -0.2) is 34.2 Å². The number of piperidine rings is 1. The van der Waals surface area contributed by atoms with E-state index in [-0.39, 0.29) is 29.9 Å². The summed E-state index contributed by atoms with van der Waals surface area (Å²) in [5.41, 5.74) is 0.556. The first kappa shape index (κ1) is 14.8. The van der Waals surface area contributed by atoms with Crippen LogP contribution in [0.25, 0.3) is 0 Å². The first-order valence-corrected chi connectivity index (χ1v) is 6.91. The molecule has 4 nitrogen and oxygen atoms in total. The van der Waals surface area contributed by atoms with Crippen LogP contribution in [0.3, 0.4) is 0 Å². The van der Waals surface area contributed by atoms with E-state index in [2.05, 4.69) is 4.90 Å². The maximum Gasteiger partial charge on any atom is 0.303 e. The van der Waals surface area contributed by atoms with Gasteiger partial charge in [0.1, 0.15) is 11.6 Å². The molecular weight excluding hydrogens is 261 g/mol. The lowest BCUT2D eigenvalue weighted by molar-refractivity contribution is -0.138. The van der Waals surface area contributed by atoms with Crippen molar-refractivity contribution in [1.29, 1.82) is 0 Å². The molecule has 2 rings (SSSR count). The number of aliphatic carboxylic acids is 1. The summed E-state index contributed by atoms with van der Waals surface area (Å²) in [7, 11) is 0. The molecule has 0 spiro atoms. The Bertz CT molecular complexity index is 492. The second-order valence-corrected chi connectivity index (χ2v) is 5.48. The number of rotatable bonds is 4. The van der Waals surface area contributed by atoms with Gasteiger partial charge in [-0.05, 0) is 50.4 Å². The number of halogens is 1. The minimum Gasteiger partial charge on any atom is -0.508 e. The molecule has 1 saturated heterocycles. The highest BCUT2D eigenvalue weighted by atomic mass is 19.1. The van der Waals surface area contributed by atoms with Gasteiger partial charge in [-0.25, -0.2) is 4.39 Å². The summed E-state index contributed by atoms with van der Waals surface area (Å²) >= 11 is 0. The highest BCUT2D eigenvalue weighted by Gasteiger charge is 2.27. The molecule has 1 aromatic carbocycles. The van der Waals surface area contributed by atoms with Crippen molar-refractivity contribution in [1.82, 2.24) is 4.90 Å². The average Bonchev–Trinajstić information content (AvgIpc) is 2.40. The first-order valence-electron chi connectivity index (χ1n) is 6.91. The summed E-state index contributed by atoms with van der Waals surface area (Å²) in [5, 5.41) is 18.7. The molecule has 1 aliphatic heterocycles. The maximum atomic E-state index is 13.3. The Balaban J connectivity index is 2.09. The van der Waals surface area contributed by atoms with Gasteiger partial charge in [0.05, 0.1) is 0 Å². The number of carboxylic acids is 1. The summed E-state index contributed by atoms with van der Waals surface area (Å²) in [4.78, 5) is 12.9. The summed E-state index contributed by atoms with van der Waals surface area (Å²) in [6.45, 7) is 3.42. The van der Waals surface area contributed by atoms with Crippen LogP contribution in [-0.2, 0) is 4.79 Å². The Morgan fingerprint density at radius 3 is 3.00 bits per heavy atom. The number of phenolic OH excluding ortho intramolecular Hbond substituents is 1. The van der Waals surface area contributed by atoms with Crippen LogP contribution >= 0.6 is 0 Å². The number of hydrogen-bond donors (Lipinski definition) is 2. The number of phenols is 1. The molecule has 2 unspecified atom stereocenters. The van der Waals surface area contributed by atoms with E-state index in [4.69, 9.17) is 5.11 Å². The van der Waals surface area contributed by atoms with Crippen molar-refractivity contribution in [2.75, 3.05) is 13.1 Å². The Labute approximate surface area is 117 Å². The van der Waals surface area contributed by atoms with Crippen LogP contribution in [0.5, 0.6) is 5.75 Å². The largest absolute Gasteiger partial charge is 0.508 e. The zero-order valence-corrected chi connectivity index (χ0v) is 11.6. The lowest BCUT2D eigenvalue weighted by atomic mass is 9.92. The van der Waals surface area contributed by atoms with E-state index >= 15 is 0 Å². The van der Waals surface area contributed by atoms with Gasteiger partial charge in [-0.15, -0.1) is 0 Å². The topological polar surface area (TPSA) is 60.8 Å². The Kier molecular flexibility index (Phi) is 4.60. The molecule has 1 aromatic rings. The van der Waals surface area contributed by atoms with Crippen LogP contribution in [0, 0.1) is 11.7 Å². The molecule has 0 aliphatic carbocycles. The zero-order chi connectivity index (χ0) is 14.7. The third kappa shape index (κ3) is 3.48. The maximum absolute atomic E-state index is 13.3. The molecule has 1 aliphatic rings. The summed E-state index contributed by atoms with van der Waals surface area (Å²) < 4.78 is 13.3. The molecular formula is C15H20FNO3. The number of carboxylic acid groups (broad SMARTS) is 1. The van der Waals surface area contributed by atoms with Gasteiger partial charge in [0, 0.05) is 24.6 Å². The van der Waals surface area contributed by atoms with Gasteiger partial charge < -0.3 is 10.2 Å². The second-order valence-electron chi connectivity index (χ2n) is 5.48. The van der Waals surface area contributed by atoms with Gasteiger partial charge in [-0.2, -0.15) is 0 Å². The predicted octanol–water partition coefficient (Wildman–Crippen LogP) is 2.78. The van der Waals surface area contributed by atoms with E-state index in [1.165, 1.54) is 18.2 Å². The predicted molar refractivity (Wildman–Crippen MR) is 73.0 cm³/mol. The number of hydrogen-bond acceptors (Lipinski definition) is 3. The van der Waals surface area contributed by atoms with E-state index in [0.717, 1.165) is 19.4 Å². The third-order valence-corrected chi connectivity index (χ3v) is 4.00. The fraction of sp³-hybridized carbons (Fsp3) is 0.533. The van der Waals surface area contributed by atoms with Crippen molar-refractivity contribution >= 4 is 5.97 Å². The number of aromatic hydroxyl groups is 1. The molecule has 1 heterocycles. The van der Waals surface area contributed by atoms with Crippen LogP contribution < -0.4 is 0 Å². The van der Waals surface area contributed by atoms with E-state index < -0.39 is 5.97 Å². The first-order chi connectivity index (χ1) is 9.47. The fourth-order valence-electron chi connectivity index (χ4n) is 2.92. The van der Waals surface area contributed by atoms with Crippen molar-refractivity contribution in [2.24, 2.45) is 5.92 Å². The molecule has 1 fully saturated rings. The number of likely N-dealkylation sites (tertiary alicyclic amines) is 1. The minimum absolute atomic E-state index is 0.0826. The minimum atomic E-state index is -0.780. The molecule has 110 valence electrons. The van der Waals surface area contributed by atoms with E-state index in [1.54, 1.807) is 0 Å². The molecule has 0 bridgehead atoms. The summed E-state index contributed by atoms with van der Waals surface area (Å²) in [6, 6.07) is 3.82. The van der Waals surface area contributed by atoms with Gasteiger partial charge in [0.15, 0.2) is 0 Å². The third-order valence-electron chi connectivity index (χ3n) is 4.00. The van der Waals surface area contributed by atoms with Crippen molar-refractivity contribution in [2.45, 2.75) is 32.2 Å². The highest BCUT2D eigenvalue weighted by molar-refractivity contribution is 5.67. The normalized spacial score (nSPS) is 21.6. The van der Waals surface area contributed by atoms with Crippen LogP contribution in [0.1, 0.15) is 37.8 Å². The van der Waals surface area contributed by atoms with Crippen LogP contribution in [0.4, 0.5) is 4.39 Å². The molecule has 0 saturated carbocycles. The molecule has 0 amide bonds. The lowest BCUT2D eigenvalue weighted by Crippen LogP contribution is -2.38. The van der Waals surface area contributed by atoms with Crippen molar-refractivity contribution < 1.29 is 19.4 Å². The smallest absolute Gasteiger partial charge is 0.303 e. The molecule has 0 radical (unpaired) electrons. The van der Waals surface area contributed by atoms with Gasteiger partial charge in [-0.3, -0.25) is 9.69 Å². The highest BCUT2D eigenvalue weighted by Crippen LogP contribution is 2.32. The Hall–Kier alpha value is -1.62. The fourth-order valence-corrected chi connectivity index (χ4v) is 2.92. The SMILES string of the molecule is CC(c1cc(F)ccc1O)N1CCCC(CC(=O)O)C1. The molecule has 20 heavy (non-hydrogen) atoms. The Morgan fingerprint density at radius 2 is 2.30 bits per heavy atom. The number of benzene rings is 1. The molecule has 2 N–H and O–H groups in total. The number of nitrogens with zero attached hydrogens (tertiary/aromatic N) is 1. The Morgan fingerprint density at radius 1 is 1.55 bits per heavy atom. The van der Waals surface area contributed by atoms with E-state index in [0.29, 0.717) is 12.1 Å². The number of carbonyl (C=O) groups is 1. The standard InChI is InChI=1S/C15H20FNO3/c1-10(13-8-12(16)4-5-14(13)18)17-6-2-3-11(9-17)7-15(19)20/h4-5,8,10-11,18H,2-3,6-7,9H2,1H3,(H,19,20). The molecule has 0 aromatic heterocycles. The van der Waals surface area contributed by atoms with Crippen molar-refractivity contribution in [3.63, 3.8) is 0 Å². The van der Waals surface area contributed by atoms with Gasteiger partial charge in [0.2, 0.25) is 0 Å². The molecule has 2 atom stereocenters. The van der Waals surface area contributed by atoms with Crippen LogP contribution in [0.2, 0.25) is 0 Å². The zero-order valence-electron chi connectivity index (χ0n) is 11.6. The second kappa shape index (κ2) is 6.22. The van der Waals surface area contributed by atoms with Gasteiger partial charge in [0.25, 0.3) is 0 Å². The summed E-state index contributed by atoms with van der Waals surface area (Å²) in [5.74, 6) is -0.944.